The lowest BCUT2D eigenvalue weighted by Crippen LogP contribution is -2.35. The van der Waals surface area contributed by atoms with Gasteiger partial charge in [0.2, 0.25) is 5.91 Å². The van der Waals surface area contributed by atoms with Crippen molar-refractivity contribution in [3.8, 4) is 0 Å². The van der Waals surface area contributed by atoms with Crippen LogP contribution in [0.5, 0.6) is 0 Å². The molecular formula is C16H11Cl2FN2O2. The van der Waals surface area contributed by atoms with Crippen LogP contribution in [0.1, 0.15) is 6.42 Å². The number of nitrogens with one attached hydrogen (secondary N) is 1. The highest BCUT2D eigenvalue weighted by atomic mass is 35.5. The standard InChI is InChI=1S/C16H11Cl2FN2O2/c17-9-4-3-6-11(15(9)18)20-12-8-14(22)21(16(12)23)13-7-2-1-5-10(13)19/h1-7,12,20H,8H2. The van der Waals surface area contributed by atoms with Crippen LogP contribution in [0, 0.1) is 5.82 Å². The normalized spacial score (nSPS) is 17.7. The lowest BCUT2D eigenvalue weighted by molar-refractivity contribution is -0.121. The lowest BCUT2D eigenvalue weighted by atomic mass is 10.2. The Morgan fingerprint density at radius 2 is 1.83 bits per heavy atom. The van der Waals surface area contributed by atoms with Gasteiger partial charge in [0.1, 0.15) is 11.9 Å². The lowest BCUT2D eigenvalue weighted by Gasteiger charge is -2.17. The third kappa shape index (κ3) is 2.90. The molecule has 0 bridgehead atoms. The number of carbonyl (C=O) groups excluding carboxylic acids is 2. The van der Waals surface area contributed by atoms with Crippen molar-refractivity contribution in [2.45, 2.75) is 12.5 Å². The molecular weight excluding hydrogens is 342 g/mol. The van der Waals surface area contributed by atoms with Crippen molar-refractivity contribution >= 4 is 46.4 Å². The fourth-order valence-corrected chi connectivity index (χ4v) is 2.79. The third-order valence-corrected chi connectivity index (χ3v) is 4.34. The van der Waals surface area contributed by atoms with Gasteiger partial charge >= 0.3 is 0 Å². The molecule has 1 heterocycles. The summed E-state index contributed by atoms with van der Waals surface area (Å²) in [5.41, 5.74) is 0.393. The highest BCUT2D eigenvalue weighted by Gasteiger charge is 2.40. The topological polar surface area (TPSA) is 49.4 Å². The molecule has 1 N–H and O–H groups in total. The Bertz CT molecular complexity index is 797. The first kappa shape index (κ1) is 15.8. The molecule has 4 nitrogen and oxygen atoms in total. The monoisotopic (exact) mass is 352 g/mol. The van der Waals surface area contributed by atoms with E-state index in [0.29, 0.717) is 10.7 Å². The molecule has 1 atom stereocenters. The van der Waals surface area contributed by atoms with E-state index in [1.807, 2.05) is 0 Å². The molecule has 1 fully saturated rings. The van der Waals surface area contributed by atoms with Crippen LogP contribution in [0.3, 0.4) is 0 Å². The van der Waals surface area contributed by atoms with E-state index in [1.165, 1.54) is 18.2 Å². The number of carbonyl (C=O) groups is 2. The van der Waals surface area contributed by atoms with E-state index in [1.54, 1.807) is 24.3 Å². The van der Waals surface area contributed by atoms with Crippen LogP contribution >= 0.6 is 23.2 Å². The van der Waals surface area contributed by atoms with Crippen molar-refractivity contribution < 1.29 is 14.0 Å². The number of para-hydroxylation sites is 1. The van der Waals surface area contributed by atoms with Crippen LogP contribution < -0.4 is 10.2 Å². The summed E-state index contributed by atoms with van der Waals surface area (Å²) < 4.78 is 13.9. The minimum absolute atomic E-state index is 0.0519. The minimum Gasteiger partial charge on any atom is -0.372 e. The van der Waals surface area contributed by atoms with Crippen LogP contribution in [-0.4, -0.2) is 17.9 Å². The van der Waals surface area contributed by atoms with E-state index >= 15 is 0 Å². The molecule has 0 radical (unpaired) electrons. The Kier molecular flexibility index (Phi) is 4.24. The van der Waals surface area contributed by atoms with Gasteiger partial charge in [-0.05, 0) is 24.3 Å². The Morgan fingerprint density at radius 3 is 2.57 bits per heavy atom. The number of halogens is 3. The van der Waals surface area contributed by atoms with Crippen LogP contribution in [-0.2, 0) is 9.59 Å². The number of hydrogen-bond acceptors (Lipinski definition) is 3. The molecule has 0 aliphatic carbocycles. The number of amides is 2. The fourth-order valence-electron chi connectivity index (χ4n) is 2.43. The Labute approximate surface area is 141 Å². The van der Waals surface area contributed by atoms with E-state index in [2.05, 4.69) is 5.32 Å². The van der Waals surface area contributed by atoms with Gasteiger partial charge in [-0.25, -0.2) is 9.29 Å². The van der Waals surface area contributed by atoms with Gasteiger partial charge in [-0.3, -0.25) is 9.59 Å². The Balaban J connectivity index is 1.87. The quantitative estimate of drug-likeness (QED) is 0.852. The van der Waals surface area contributed by atoms with Crippen molar-refractivity contribution in [1.82, 2.24) is 0 Å². The molecule has 0 aromatic heterocycles. The summed E-state index contributed by atoms with van der Waals surface area (Å²) in [7, 11) is 0. The van der Waals surface area contributed by atoms with Gasteiger partial charge in [-0.2, -0.15) is 0 Å². The molecule has 2 aromatic carbocycles. The highest BCUT2D eigenvalue weighted by Crippen LogP contribution is 2.32. The smallest absolute Gasteiger partial charge is 0.256 e. The highest BCUT2D eigenvalue weighted by molar-refractivity contribution is 6.43. The molecule has 0 saturated carbocycles. The molecule has 0 spiro atoms. The van der Waals surface area contributed by atoms with Gasteiger partial charge in [0, 0.05) is 0 Å². The summed E-state index contributed by atoms with van der Waals surface area (Å²) in [4.78, 5) is 25.5. The largest absolute Gasteiger partial charge is 0.372 e. The SMILES string of the molecule is O=C1CC(Nc2cccc(Cl)c2Cl)C(=O)N1c1ccccc1F. The molecule has 1 aliphatic heterocycles. The maximum absolute atomic E-state index is 13.9. The number of rotatable bonds is 3. The molecule has 2 amide bonds. The van der Waals surface area contributed by atoms with E-state index < -0.39 is 23.7 Å². The molecule has 1 unspecified atom stereocenters. The molecule has 1 saturated heterocycles. The maximum atomic E-state index is 13.9. The second-order valence-corrected chi connectivity index (χ2v) is 5.81. The molecule has 7 heteroatoms. The zero-order valence-corrected chi connectivity index (χ0v) is 13.2. The first-order chi connectivity index (χ1) is 11.0. The van der Waals surface area contributed by atoms with Gasteiger partial charge in [0.05, 0.1) is 27.8 Å². The van der Waals surface area contributed by atoms with Crippen molar-refractivity contribution in [1.29, 1.82) is 0 Å². The summed E-state index contributed by atoms with van der Waals surface area (Å²) >= 11 is 12.0. The summed E-state index contributed by atoms with van der Waals surface area (Å²) in [6, 6.07) is 9.76. The first-order valence-electron chi connectivity index (χ1n) is 6.81. The van der Waals surface area contributed by atoms with E-state index in [4.69, 9.17) is 23.2 Å². The van der Waals surface area contributed by atoms with Crippen LogP contribution in [0.15, 0.2) is 42.5 Å². The minimum atomic E-state index is -0.821. The zero-order valence-electron chi connectivity index (χ0n) is 11.7. The van der Waals surface area contributed by atoms with E-state index in [0.717, 1.165) is 4.90 Å². The maximum Gasteiger partial charge on any atom is 0.256 e. The van der Waals surface area contributed by atoms with Crippen LogP contribution in [0.2, 0.25) is 10.0 Å². The number of imide groups is 1. The van der Waals surface area contributed by atoms with E-state index in [9.17, 15) is 14.0 Å². The number of nitrogens with zero attached hydrogens (tertiary/aromatic N) is 1. The second-order valence-electron chi connectivity index (χ2n) is 5.02. The van der Waals surface area contributed by atoms with Gasteiger partial charge in [0.15, 0.2) is 0 Å². The van der Waals surface area contributed by atoms with Crippen molar-refractivity contribution in [2.24, 2.45) is 0 Å². The Morgan fingerprint density at radius 1 is 1.09 bits per heavy atom. The summed E-state index contributed by atoms with van der Waals surface area (Å²) in [5.74, 6) is -1.64. The molecule has 3 rings (SSSR count). The average molecular weight is 353 g/mol. The number of benzene rings is 2. The molecule has 118 valence electrons. The molecule has 2 aromatic rings. The first-order valence-corrected chi connectivity index (χ1v) is 7.56. The van der Waals surface area contributed by atoms with Gasteiger partial charge < -0.3 is 5.32 Å². The summed E-state index contributed by atoms with van der Waals surface area (Å²) in [6.45, 7) is 0. The van der Waals surface area contributed by atoms with Gasteiger partial charge in [-0.1, -0.05) is 41.4 Å². The Hall–Kier alpha value is -2.11. The second kappa shape index (κ2) is 6.18. The molecule has 23 heavy (non-hydrogen) atoms. The van der Waals surface area contributed by atoms with Crippen molar-refractivity contribution in [2.75, 3.05) is 10.2 Å². The van der Waals surface area contributed by atoms with Gasteiger partial charge in [-0.15, -0.1) is 0 Å². The fraction of sp³-hybridized carbons (Fsp3) is 0.125. The predicted octanol–water partition coefficient (Wildman–Crippen LogP) is 3.88. The predicted molar refractivity (Wildman–Crippen MR) is 87.4 cm³/mol. The molecule has 1 aliphatic rings. The summed E-state index contributed by atoms with van der Waals surface area (Å²) in [6.07, 6.45) is -0.0873. The van der Waals surface area contributed by atoms with Crippen molar-refractivity contribution in [3.05, 3.63) is 58.3 Å². The summed E-state index contributed by atoms with van der Waals surface area (Å²) in [5, 5.41) is 3.49. The third-order valence-electron chi connectivity index (χ3n) is 3.52. The number of anilines is 2. The van der Waals surface area contributed by atoms with Crippen LogP contribution in [0.4, 0.5) is 15.8 Å². The van der Waals surface area contributed by atoms with Gasteiger partial charge in [0.25, 0.3) is 5.91 Å². The zero-order chi connectivity index (χ0) is 16.6. The number of hydrogen-bond donors (Lipinski definition) is 1. The van der Waals surface area contributed by atoms with Crippen molar-refractivity contribution in [3.63, 3.8) is 0 Å². The van der Waals surface area contributed by atoms with E-state index in [-0.39, 0.29) is 17.1 Å². The average Bonchev–Trinajstić information content (AvgIpc) is 2.79. The van der Waals surface area contributed by atoms with Crippen LogP contribution in [0.25, 0.3) is 0 Å².